The number of rotatable bonds is 8. The van der Waals surface area contributed by atoms with E-state index in [0.717, 1.165) is 60.8 Å². The quantitative estimate of drug-likeness (QED) is 0.518. The van der Waals surface area contributed by atoms with Crippen LogP contribution in [0.5, 0.6) is 11.5 Å². The summed E-state index contributed by atoms with van der Waals surface area (Å²) >= 11 is 0. The minimum atomic E-state index is -0.0842. The van der Waals surface area contributed by atoms with Crippen LogP contribution in [0, 0.1) is 0 Å². The highest BCUT2D eigenvalue weighted by molar-refractivity contribution is 5.94. The summed E-state index contributed by atoms with van der Waals surface area (Å²) in [5, 5.41) is 6.76. The van der Waals surface area contributed by atoms with Crippen molar-refractivity contribution in [2.45, 2.75) is 44.8 Å². The molecule has 2 aliphatic heterocycles. The van der Waals surface area contributed by atoms with E-state index in [-0.39, 0.29) is 12.7 Å². The number of amides is 1. The summed E-state index contributed by atoms with van der Waals surface area (Å²) in [6.07, 6.45) is 5.00. The minimum absolute atomic E-state index is 0.0842. The van der Waals surface area contributed by atoms with Crippen LogP contribution in [0.1, 0.15) is 41.4 Å². The van der Waals surface area contributed by atoms with Gasteiger partial charge in [0.2, 0.25) is 6.79 Å². The van der Waals surface area contributed by atoms with Gasteiger partial charge >= 0.3 is 0 Å². The summed E-state index contributed by atoms with van der Waals surface area (Å²) in [6.45, 7) is 4.93. The van der Waals surface area contributed by atoms with Crippen LogP contribution in [0.3, 0.4) is 0 Å². The van der Waals surface area contributed by atoms with Crippen LogP contribution in [-0.2, 0) is 13.0 Å². The molecule has 0 bridgehead atoms. The third-order valence-corrected chi connectivity index (χ3v) is 6.64. The van der Waals surface area contributed by atoms with E-state index in [1.165, 1.54) is 0 Å². The molecule has 1 atom stereocenters. The number of nitrogens with zero attached hydrogens (tertiary/aromatic N) is 2. The Morgan fingerprint density at radius 2 is 1.86 bits per heavy atom. The predicted molar refractivity (Wildman–Crippen MR) is 136 cm³/mol. The molecular weight excluding hydrogens is 440 g/mol. The van der Waals surface area contributed by atoms with E-state index >= 15 is 0 Å². The fraction of sp³-hybridized carbons (Fsp3) is 0.357. The first-order valence-electron chi connectivity index (χ1n) is 12.3. The highest BCUT2D eigenvalue weighted by Crippen LogP contribution is 2.32. The Morgan fingerprint density at radius 3 is 2.63 bits per heavy atom. The number of ether oxygens (including phenoxy) is 2. The van der Waals surface area contributed by atoms with Crippen molar-refractivity contribution in [1.82, 2.24) is 15.6 Å². The second kappa shape index (κ2) is 10.8. The molecule has 3 heterocycles. The Labute approximate surface area is 206 Å². The number of carbonyl (C=O) groups is 1. The molecule has 1 fully saturated rings. The minimum Gasteiger partial charge on any atom is -0.454 e. The van der Waals surface area contributed by atoms with Crippen LogP contribution in [-0.4, -0.2) is 42.9 Å². The van der Waals surface area contributed by atoms with Gasteiger partial charge in [-0.25, -0.2) is 0 Å². The molecule has 35 heavy (non-hydrogen) atoms. The van der Waals surface area contributed by atoms with E-state index in [1.54, 1.807) is 0 Å². The molecule has 2 aliphatic rings. The number of piperidine rings is 1. The monoisotopic (exact) mass is 472 g/mol. The first-order valence-corrected chi connectivity index (χ1v) is 12.3. The second-order valence-electron chi connectivity index (χ2n) is 9.27. The Kier molecular flexibility index (Phi) is 7.14. The number of fused-ring (bicyclic) bond motifs is 1. The number of pyridine rings is 1. The van der Waals surface area contributed by atoms with Crippen molar-refractivity contribution in [1.29, 1.82) is 0 Å². The molecule has 0 saturated carbocycles. The lowest BCUT2D eigenvalue weighted by Crippen LogP contribution is -2.46. The Morgan fingerprint density at radius 1 is 1.06 bits per heavy atom. The van der Waals surface area contributed by atoms with Crippen LogP contribution in [0.15, 0.2) is 66.9 Å². The van der Waals surface area contributed by atoms with Gasteiger partial charge in [-0.05, 0) is 73.9 Å². The van der Waals surface area contributed by atoms with Crippen molar-refractivity contribution >= 4 is 11.6 Å². The van der Waals surface area contributed by atoms with Gasteiger partial charge in [0, 0.05) is 61.3 Å². The standard InChI is InChI=1S/C28H32N4O3/c1-20(16-24-4-2-3-13-29-24)31-23-11-14-32(15-12-23)25-8-6-22(7-9-25)28(33)30-18-21-5-10-26-27(17-21)35-19-34-26/h2-10,13,17,20,23,31H,11-12,14-16,18-19H2,1H3,(H,30,33)/t20-/m0/s1. The zero-order chi connectivity index (χ0) is 24.0. The molecule has 2 aromatic carbocycles. The smallest absolute Gasteiger partial charge is 0.251 e. The van der Waals surface area contributed by atoms with Crippen LogP contribution < -0.4 is 25.0 Å². The molecule has 0 spiro atoms. The van der Waals surface area contributed by atoms with E-state index in [0.29, 0.717) is 24.2 Å². The van der Waals surface area contributed by atoms with E-state index in [1.807, 2.05) is 60.8 Å². The van der Waals surface area contributed by atoms with Gasteiger partial charge in [0.1, 0.15) is 0 Å². The molecule has 1 saturated heterocycles. The van der Waals surface area contributed by atoms with Crippen LogP contribution in [0.25, 0.3) is 0 Å². The first-order chi connectivity index (χ1) is 17.1. The zero-order valence-electron chi connectivity index (χ0n) is 20.1. The maximum Gasteiger partial charge on any atom is 0.251 e. The zero-order valence-corrected chi connectivity index (χ0v) is 20.1. The number of carbonyl (C=O) groups excluding carboxylic acids is 1. The molecule has 0 unspecified atom stereocenters. The number of hydrogen-bond acceptors (Lipinski definition) is 6. The number of anilines is 1. The van der Waals surface area contributed by atoms with Gasteiger partial charge in [-0.1, -0.05) is 12.1 Å². The lowest BCUT2D eigenvalue weighted by Gasteiger charge is -2.35. The third kappa shape index (κ3) is 5.92. The molecular formula is C28H32N4O3. The summed E-state index contributed by atoms with van der Waals surface area (Å²) < 4.78 is 10.7. The molecule has 5 rings (SSSR count). The summed E-state index contributed by atoms with van der Waals surface area (Å²) in [7, 11) is 0. The SMILES string of the molecule is C[C@@H](Cc1ccccn1)NC1CCN(c2ccc(C(=O)NCc3ccc4c(c3)OCO4)cc2)CC1. The summed E-state index contributed by atoms with van der Waals surface area (Å²) in [5.74, 6) is 1.39. The molecule has 7 heteroatoms. The molecule has 2 N–H and O–H groups in total. The van der Waals surface area contributed by atoms with Gasteiger partial charge in [0.05, 0.1) is 0 Å². The average Bonchev–Trinajstić information content (AvgIpc) is 3.36. The lowest BCUT2D eigenvalue weighted by atomic mass is 10.0. The topological polar surface area (TPSA) is 75.7 Å². The summed E-state index contributed by atoms with van der Waals surface area (Å²) in [6, 6.07) is 20.6. The molecule has 0 radical (unpaired) electrons. The largest absolute Gasteiger partial charge is 0.454 e. The lowest BCUT2D eigenvalue weighted by molar-refractivity contribution is 0.0951. The maximum absolute atomic E-state index is 12.6. The normalized spacial score (nSPS) is 16.2. The number of nitrogens with one attached hydrogen (secondary N) is 2. The van der Waals surface area contributed by atoms with Crippen molar-refractivity contribution in [3.63, 3.8) is 0 Å². The molecule has 1 aromatic heterocycles. The van der Waals surface area contributed by atoms with Gasteiger partial charge in [-0.2, -0.15) is 0 Å². The molecule has 0 aliphatic carbocycles. The van der Waals surface area contributed by atoms with Gasteiger partial charge < -0.3 is 25.0 Å². The van der Waals surface area contributed by atoms with Crippen molar-refractivity contribution < 1.29 is 14.3 Å². The average molecular weight is 473 g/mol. The highest BCUT2D eigenvalue weighted by Gasteiger charge is 2.21. The summed E-state index contributed by atoms with van der Waals surface area (Å²) in [4.78, 5) is 19.5. The van der Waals surface area contributed by atoms with E-state index in [4.69, 9.17) is 9.47 Å². The third-order valence-electron chi connectivity index (χ3n) is 6.64. The summed E-state index contributed by atoms with van der Waals surface area (Å²) in [5.41, 5.74) is 3.93. The van der Waals surface area contributed by atoms with E-state index < -0.39 is 0 Å². The van der Waals surface area contributed by atoms with E-state index in [9.17, 15) is 4.79 Å². The fourth-order valence-corrected chi connectivity index (χ4v) is 4.76. The van der Waals surface area contributed by atoms with Gasteiger partial charge in [-0.15, -0.1) is 0 Å². The molecule has 7 nitrogen and oxygen atoms in total. The van der Waals surface area contributed by atoms with Crippen molar-refractivity contribution in [3.8, 4) is 11.5 Å². The fourth-order valence-electron chi connectivity index (χ4n) is 4.76. The van der Waals surface area contributed by atoms with Crippen LogP contribution in [0.4, 0.5) is 5.69 Å². The second-order valence-corrected chi connectivity index (χ2v) is 9.27. The van der Waals surface area contributed by atoms with Crippen molar-refractivity contribution in [2.75, 3.05) is 24.8 Å². The maximum atomic E-state index is 12.6. The van der Waals surface area contributed by atoms with Crippen LogP contribution in [0.2, 0.25) is 0 Å². The van der Waals surface area contributed by atoms with E-state index in [2.05, 4.69) is 33.5 Å². The number of aromatic nitrogens is 1. The Hall–Kier alpha value is -3.58. The van der Waals surface area contributed by atoms with Crippen molar-refractivity contribution in [3.05, 3.63) is 83.7 Å². The van der Waals surface area contributed by atoms with Gasteiger partial charge in [-0.3, -0.25) is 9.78 Å². The van der Waals surface area contributed by atoms with Crippen LogP contribution >= 0.6 is 0 Å². The first kappa shape index (κ1) is 23.2. The number of hydrogen-bond donors (Lipinski definition) is 2. The number of benzene rings is 2. The molecule has 3 aromatic rings. The van der Waals surface area contributed by atoms with Crippen molar-refractivity contribution in [2.24, 2.45) is 0 Å². The molecule has 1 amide bonds. The molecule has 182 valence electrons. The van der Waals surface area contributed by atoms with Gasteiger partial charge in [0.15, 0.2) is 11.5 Å². The Bertz CT molecular complexity index is 1130. The highest BCUT2D eigenvalue weighted by atomic mass is 16.7. The Balaban J connectivity index is 1.07. The predicted octanol–water partition coefficient (Wildman–Crippen LogP) is 3.93. The van der Waals surface area contributed by atoms with Gasteiger partial charge in [0.25, 0.3) is 5.91 Å².